The highest BCUT2D eigenvalue weighted by atomic mass is 16.3. The first-order valence-electron chi connectivity index (χ1n) is 4.58. The lowest BCUT2D eigenvalue weighted by atomic mass is 10.1. The van der Waals surface area contributed by atoms with Crippen molar-refractivity contribution in [1.29, 1.82) is 0 Å². The Bertz CT molecular complexity index is 105. The average molecular weight is 174 g/mol. The van der Waals surface area contributed by atoms with Gasteiger partial charge in [-0.1, -0.05) is 0 Å². The second-order valence-corrected chi connectivity index (χ2v) is 3.74. The van der Waals surface area contributed by atoms with Crippen molar-refractivity contribution in [1.82, 2.24) is 10.2 Å². The molecule has 0 heterocycles. The first kappa shape index (κ1) is 11.9. The van der Waals surface area contributed by atoms with Gasteiger partial charge in [0.1, 0.15) is 0 Å². The molecule has 0 aliphatic heterocycles. The van der Waals surface area contributed by atoms with Crippen LogP contribution in [0.1, 0.15) is 20.3 Å². The summed E-state index contributed by atoms with van der Waals surface area (Å²) in [6.07, 6.45) is 0.625. The van der Waals surface area contributed by atoms with Crippen LogP contribution in [0, 0.1) is 0 Å². The molecule has 0 fully saturated rings. The largest absolute Gasteiger partial charge is 0.393 e. The van der Waals surface area contributed by atoms with Gasteiger partial charge in [-0.3, -0.25) is 0 Å². The second-order valence-electron chi connectivity index (χ2n) is 3.74. The second kappa shape index (κ2) is 6.40. The van der Waals surface area contributed by atoms with Crippen LogP contribution in [0.2, 0.25) is 0 Å². The van der Waals surface area contributed by atoms with Crippen molar-refractivity contribution in [2.75, 3.05) is 27.2 Å². The van der Waals surface area contributed by atoms with E-state index in [9.17, 15) is 0 Å². The predicted octanol–water partition coefficient (Wildman–Crippen LogP) is 0.297. The molecular formula is C9H22N2O. The summed E-state index contributed by atoms with van der Waals surface area (Å²) in [7, 11) is 4.11. The van der Waals surface area contributed by atoms with E-state index in [0.29, 0.717) is 6.04 Å². The van der Waals surface area contributed by atoms with Crippen LogP contribution in [0.3, 0.4) is 0 Å². The Balaban J connectivity index is 3.25. The number of hydrogen-bond donors (Lipinski definition) is 2. The highest BCUT2D eigenvalue weighted by molar-refractivity contribution is 4.64. The van der Waals surface area contributed by atoms with E-state index in [0.717, 1.165) is 19.5 Å². The predicted molar refractivity (Wildman–Crippen MR) is 52.3 cm³/mol. The molecule has 0 rings (SSSR count). The van der Waals surface area contributed by atoms with Crippen LogP contribution in [0.5, 0.6) is 0 Å². The monoisotopic (exact) mass is 174 g/mol. The molecule has 12 heavy (non-hydrogen) atoms. The molecule has 0 saturated carbocycles. The van der Waals surface area contributed by atoms with Crippen LogP contribution in [0.15, 0.2) is 0 Å². The molecule has 74 valence electrons. The van der Waals surface area contributed by atoms with Gasteiger partial charge in [0, 0.05) is 19.1 Å². The van der Waals surface area contributed by atoms with Crippen LogP contribution in [0.25, 0.3) is 0 Å². The zero-order chi connectivity index (χ0) is 9.56. The standard InChI is InChI=1S/C9H22N2O/c1-8(7-9(2)12)10-5-6-11(3)4/h8-10,12H,5-7H2,1-4H3. The summed E-state index contributed by atoms with van der Waals surface area (Å²) in [6, 6.07) is 0.407. The minimum absolute atomic E-state index is 0.202. The topological polar surface area (TPSA) is 35.5 Å². The minimum Gasteiger partial charge on any atom is -0.393 e. The van der Waals surface area contributed by atoms with Gasteiger partial charge in [0.25, 0.3) is 0 Å². The van der Waals surface area contributed by atoms with Gasteiger partial charge in [0.15, 0.2) is 0 Å². The van der Waals surface area contributed by atoms with Gasteiger partial charge >= 0.3 is 0 Å². The van der Waals surface area contributed by atoms with E-state index < -0.39 is 0 Å². The van der Waals surface area contributed by atoms with Crippen molar-refractivity contribution >= 4 is 0 Å². The van der Waals surface area contributed by atoms with Crippen molar-refractivity contribution in [2.24, 2.45) is 0 Å². The van der Waals surface area contributed by atoms with Crippen molar-refractivity contribution in [3.05, 3.63) is 0 Å². The fourth-order valence-electron chi connectivity index (χ4n) is 1.13. The highest BCUT2D eigenvalue weighted by Crippen LogP contribution is 1.95. The van der Waals surface area contributed by atoms with Gasteiger partial charge in [-0.15, -0.1) is 0 Å². The molecule has 0 amide bonds. The van der Waals surface area contributed by atoms with Gasteiger partial charge in [-0.2, -0.15) is 0 Å². The maximum Gasteiger partial charge on any atom is 0.0526 e. The lowest BCUT2D eigenvalue weighted by molar-refractivity contribution is 0.170. The quantitative estimate of drug-likeness (QED) is 0.608. The Labute approximate surface area is 75.8 Å². The van der Waals surface area contributed by atoms with Crippen LogP contribution in [0.4, 0.5) is 0 Å². The number of aliphatic hydroxyl groups is 1. The third-order valence-corrected chi connectivity index (χ3v) is 1.75. The summed E-state index contributed by atoms with van der Waals surface area (Å²) in [6.45, 7) is 5.96. The van der Waals surface area contributed by atoms with Gasteiger partial charge in [0.2, 0.25) is 0 Å². The molecule has 3 heteroatoms. The number of nitrogens with zero attached hydrogens (tertiary/aromatic N) is 1. The van der Waals surface area contributed by atoms with Crippen LogP contribution in [-0.4, -0.2) is 49.3 Å². The van der Waals surface area contributed by atoms with E-state index >= 15 is 0 Å². The molecule has 0 bridgehead atoms. The van der Waals surface area contributed by atoms with E-state index in [1.807, 2.05) is 6.92 Å². The summed E-state index contributed by atoms with van der Waals surface area (Å²) in [5.74, 6) is 0. The maximum atomic E-state index is 9.08. The van der Waals surface area contributed by atoms with Gasteiger partial charge in [-0.05, 0) is 34.4 Å². The third-order valence-electron chi connectivity index (χ3n) is 1.75. The smallest absolute Gasteiger partial charge is 0.0526 e. The molecular weight excluding hydrogens is 152 g/mol. The summed E-state index contributed by atoms with van der Waals surface area (Å²) in [5, 5.41) is 12.4. The van der Waals surface area contributed by atoms with Crippen LogP contribution < -0.4 is 5.32 Å². The molecule has 0 aromatic carbocycles. The number of likely N-dealkylation sites (N-methyl/N-ethyl adjacent to an activating group) is 1. The van der Waals surface area contributed by atoms with Gasteiger partial charge in [-0.25, -0.2) is 0 Å². The SMILES string of the molecule is CC(O)CC(C)NCCN(C)C. The third kappa shape index (κ3) is 7.98. The molecule has 0 aromatic heterocycles. The van der Waals surface area contributed by atoms with E-state index in [1.54, 1.807) is 0 Å². The van der Waals surface area contributed by atoms with Crippen molar-refractivity contribution in [3.63, 3.8) is 0 Å². The van der Waals surface area contributed by atoms with E-state index in [1.165, 1.54) is 0 Å². The molecule has 0 saturated heterocycles. The molecule has 3 nitrogen and oxygen atoms in total. The summed E-state index contributed by atoms with van der Waals surface area (Å²) in [4.78, 5) is 2.14. The number of rotatable bonds is 6. The summed E-state index contributed by atoms with van der Waals surface area (Å²) in [5.41, 5.74) is 0. The molecule has 2 unspecified atom stereocenters. The Kier molecular flexibility index (Phi) is 6.34. The zero-order valence-electron chi connectivity index (χ0n) is 8.67. The first-order valence-corrected chi connectivity index (χ1v) is 4.58. The van der Waals surface area contributed by atoms with E-state index in [-0.39, 0.29) is 6.10 Å². The molecule has 0 aliphatic rings. The average Bonchev–Trinajstić information content (AvgIpc) is 1.84. The molecule has 0 radical (unpaired) electrons. The van der Waals surface area contributed by atoms with E-state index in [4.69, 9.17) is 5.11 Å². The molecule has 2 N–H and O–H groups in total. The lowest BCUT2D eigenvalue weighted by Gasteiger charge is -2.17. The minimum atomic E-state index is -0.202. The number of nitrogens with one attached hydrogen (secondary N) is 1. The molecule has 2 atom stereocenters. The van der Waals surface area contributed by atoms with Crippen LogP contribution in [-0.2, 0) is 0 Å². The Hall–Kier alpha value is -0.120. The highest BCUT2D eigenvalue weighted by Gasteiger charge is 2.04. The van der Waals surface area contributed by atoms with Crippen molar-refractivity contribution < 1.29 is 5.11 Å². The first-order chi connectivity index (χ1) is 5.52. The normalized spacial score (nSPS) is 16.5. The summed E-state index contributed by atoms with van der Waals surface area (Å²) < 4.78 is 0. The number of hydrogen-bond acceptors (Lipinski definition) is 3. The van der Waals surface area contributed by atoms with Gasteiger partial charge < -0.3 is 15.3 Å². The summed E-state index contributed by atoms with van der Waals surface area (Å²) >= 11 is 0. The molecule has 0 aliphatic carbocycles. The zero-order valence-corrected chi connectivity index (χ0v) is 8.67. The number of aliphatic hydroxyl groups excluding tert-OH is 1. The van der Waals surface area contributed by atoms with Crippen molar-refractivity contribution in [3.8, 4) is 0 Å². The Morgan fingerprint density at radius 1 is 1.33 bits per heavy atom. The Morgan fingerprint density at radius 2 is 1.92 bits per heavy atom. The fraction of sp³-hybridized carbons (Fsp3) is 1.00. The molecule has 0 spiro atoms. The van der Waals surface area contributed by atoms with E-state index in [2.05, 4.69) is 31.2 Å². The maximum absolute atomic E-state index is 9.08. The lowest BCUT2D eigenvalue weighted by Crippen LogP contribution is -2.34. The van der Waals surface area contributed by atoms with Gasteiger partial charge in [0.05, 0.1) is 6.10 Å². The van der Waals surface area contributed by atoms with Crippen molar-refractivity contribution in [2.45, 2.75) is 32.4 Å². The Morgan fingerprint density at radius 3 is 2.33 bits per heavy atom. The fourth-order valence-corrected chi connectivity index (χ4v) is 1.13. The molecule has 0 aromatic rings. The van der Waals surface area contributed by atoms with Crippen LogP contribution >= 0.6 is 0 Å².